The van der Waals surface area contributed by atoms with Gasteiger partial charge < -0.3 is 28.8 Å². The van der Waals surface area contributed by atoms with Crippen molar-refractivity contribution in [2.75, 3.05) is 35.0 Å². The predicted molar refractivity (Wildman–Crippen MR) is 302 cm³/mol. The van der Waals surface area contributed by atoms with Gasteiger partial charge in [-0.05, 0) is 131 Å². The first-order valence-electron chi connectivity index (χ1n) is 25.4. The maximum atomic E-state index is 14.9. The van der Waals surface area contributed by atoms with Crippen molar-refractivity contribution in [2.45, 2.75) is 31.0 Å². The van der Waals surface area contributed by atoms with Crippen LogP contribution in [-0.4, -0.2) is 45.9 Å². The van der Waals surface area contributed by atoms with Crippen molar-refractivity contribution in [1.82, 2.24) is 0 Å². The number of Topliss-reactive ketones (excluding diaryl/α,β-unsaturated/α-hetero) is 1. The van der Waals surface area contributed by atoms with Gasteiger partial charge in [-0.2, -0.15) is 0 Å². The van der Waals surface area contributed by atoms with E-state index in [4.69, 9.17) is 23.7 Å². The SMILES string of the molecule is COc1ccc(C(OCC(C)CCC(=O)c2cc(C(O)(c3ccc(-c4cccc5ccccc45)cc3OC)c3ccc4ccc5cccc6ccc3c4c56)ccc2OC)(c2ccccc2)c2ccc(OC)cc2)cc1. The highest BCUT2D eigenvalue weighted by atomic mass is 16.5. The molecule has 0 saturated heterocycles. The van der Waals surface area contributed by atoms with Crippen molar-refractivity contribution < 1.29 is 33.6 Å². The van der Waals surface area contributed by atoms with Gasteiger partial charge in [0.25, 0.3) is 0 Å². The minimum absolute atomic E-state index is 0.0543. The van der Waals surface area contributed by atoms with E-state index in [2.05, 4.69) is 104 Å². The predicted octanol–water partition coefficient (Wildman–Crippen LogP) is 15.3. The van der Waals surface area contributed by atoms with Gasteiger partial charge in [-0.15, -0.1) is 0 Å². The quantitative estimate of drug-likeness (QED) is 0.0521. The second kappa shape index (κ2) is 20.4. The van der Waals surface area contributed by atoms with Gasteiger partial charge in [0.1, 0.15) is 34.2 Å². The van der Waals surface area contributed by atoms with Gasteiger partial charge in [-0.3, -0.25) is 4.79 Å². The van der Waals surface area contributed by atoms with E-state index in [1.807, 2.05) is 109 Å². The molecule has 1 N–H and O–H groups in total. The summed E-state index contributed by atoms with van der Waals surface area (Å²) >= 11 is 0. The number of hydrogen-bond donors (Lipinski definition) is 1. The molecule has 0 saturated carbocycles. The lowest BCUT2D eigenvalue weighted by atomic mass is 9.76. The van der Waals surface area contributed by atoms with Gasteiger partial charge in [0.05, 0.1) is 40.6 Å². The summed E-state index contributed by atoms with van der Waals surface area (Å²) in [5.74, 6) is 2.24. The Morgan fingerprint density at radius 3 is 1.72 bits per heavy atom. The van der Waals surface area contributed by atoms with Gasteiger partial charge in [-0.1, -0.05) is 177 Å². The number of ketones is 1. The molecular formula is C68H58O7. The Morgan fingerprint density at radius 1 is 0.480 bits per heavy atom. The van der Waals surface area contributed by atoms with Crippen LogP contribution in [0.25, 0.3) is 54.2 Å². The molecule has 7 heteroatoms. The largest absolute Gasteiger partial charge is 0.497 e. The normalized spacial score (nSPS) is 13.0. The number of methoxy groups -OCH3 is 4. The lowest BCUT2D eigenvalue weighted by molar-refractivity contribution is -0.00664. The number of hydrogen-bond acceptors (Lipinski definition) is 7. The van der Waals surface area contributed by atoms with E-state index >= 15 is 0 Å². The summed E-state index contributed by atoms with van der Waals surface area (Å²) in [4.78, 5) is 14.9. The number of fused-ring (bicyclic) bond motifs is 1. The van der Waals surface area contributed by atoms with Crippen molar-refractivity contribution in [3.05, 3.63) is 251 Å². The highest BCUT2D eigenvalue weighted by molar-refractivity contribution is 6.23. The van der Waals surface area contributed by atoms with Crippen molar-refractivity contribution >= 4 is 48.9 Å². The molecule has 372 valence electrons. The number of benzene rings is 11. The van der Waals surface area contributed by atoms with Crippen molar-refractivity contribution in [2.24, 2.45) is 5.92 Å². The van der Waals surface area contributed by atoms with E-state index < -0.39 is 11.2 Å². The zero-order valence-electron chi connectivity index (χ0n) is 42.8. The van der Waals surface area contributed by atoms with Gasteiger partial charge in [0, 0.05) is 17.5 Å². The van der Waals surface area contributed by atoms with Crippen molar-refractivity contribution in [3.8, 4) is 34.1 Å². The molecule has 0 heterocycles. The molecule has 11 aromatic rings. The topological polar surface area (TPSA) is 83.5 Å². The summed E-state index contributed by atoms with van der Waals surface area (Å²) in [5, 5.41) is 22.7. The van der Waals surface area contributed by atoms with Crippen molar-refractivity contribution in [3.63, 3.8) is 0 Å². The van der Waals surface area contributed by atoms with Crippen LogP contribution in [0.15, 0.2) is 212 Å². The molecule has 0 aliphatic heterocycles. The van der Waals surface area contributed by atoms with Crippen LogP contribution in [0.2, 0.25) is 0 Å². The van der Waals surface area contributed by atoms with Gasteiger partial charge in [0.2, 0.25) is 0 Å². The van der Waals surface area contributed by atoms with Crippen LogP contribution in [0.4, 0.5) is 0 Å². The molecule has 0 aliphatic rings. The number of aliphatic hydroxyl groups is 1. The van der Waals surface area contributed by atoms with Gasteiger partial charge in [0.15, 0.2) is 5.78 Å². The maximum Gasteiger partial charge on any atom is 0.166 e. The molecule has 75 heavy (non-hydrogen) atoms. The molecule has 11 aromatic carbocycles. The summed E-state index contributed by atoms with van der Waals surface area (Å²) in [5.41, 5.74) is 4.07. The molecular weight excluding hydrogens is 929 g/mol. The zero-order valence-corrected chi connectivity index (χ0v) is 42.8. The summed E-state index contributed by atoms with van der Waals surface area (Å²) in [7, 11) is 6.53. The van der Waals surface area contributed by atoms with Crippen LogP contribution in [0.1, 0.15) is 63.5 Å². The molecule has 0 spiro atoms. The Kier molecular flexibility index (Phi) is 13.3. The molecule has 0 fully saturated rings. The molecule has 2 atom stereocenters. The molecule has 2 unspecified atom stereocenters. The lowest BCUT2D eigenvalue weighted by Crippen LogP contribution is -2.34. The Hall–Kier alpha value is -8.49. The highest BCUT2D eigenvalue weighted by Gasteiger charge is 2.41. The van der Waals surface area contributed by atoms with E-state index in [0.717, 1.165) is 82.4 Å². The molecule has 0 aliphatic carbocycles. The highest BCUT2D eigenvalue weighted by Crippen LogP contribution is 2.49. The van der Waals surface area contributed by atoms with E-state index in [1.54, 1.807) is 34.5 Å². The van der Waals surface area contributed by atoms with Crippen LogP contribution < -0.4 is 18.9 Å². The number of carbonyl (C=O) groups excluding carboxylic acids is 1. The van der Waals surface area contributed by atoms with Crippen LogP contribution in [0.3, 0.4) is 0 Å². The van der Waals surface area contributed by atoms with Gasteiger partial charge in [-0.25, -0.2) is 0 Å². The third-order valence-corrected chi connectivity index (χ3v) is 15.2. The summed E-state index contributed by atoms with van der Waals surface area (Å²) in [6, 6.07) is 71.3. The Balaban J connectivity index is 0.974. The molecule has 11 rings (SSSR count). The minimum Gasteiger partial charge on any atom is -0.497 e. The Bertz CT molecular complexity index is 3760. The molecule has 7 nitrogen and oxygen atoms in total. The first kappa shape index (κ1) is 48.8. The average molecular weight is 987 g/mol. The zero-order chi connectivity index (χ0) is 51.7. The average Bonchev–Trinajstić information content (AvgIpc) is 3.51. The van der Waals surface area contributed by atoms with E-state index in [9.17, 15) is 9.90 Å². The van der Waals surface area contributed by atoms with Gasteiger partial charge >= 0.3 is 0 Å². The van der Waals surface area contributed by atoms with E-state index in [0.29, 0.717) is 46.8 Å². The molecule has 0 amide bonds. The smallest absolute Gasteiger partial charge is 0.166 e. The first-order chi connectivity index (χ1) is 36.7. The van der Waals surface area contributed by atoms with E-state index in [-0.39, 0.29) is 18.1 Å². The van der Waals surface area contributed by atoms with Crippen LogP contribution >= 0.6 is 0 Å². The second-order valence-electron chi connectivity index (χ2n) is 19.4. The molecule has 0 aromatic heterocycles. The van der Waals surface area contributed by atoms with Crippen LogP contribution in [0, 0.1) is 5.92 Å². The first-order valence-corrected chi connectivity index (χ1v) is 25.4. The van der Waals surface area contributed by atoms with Crippen molar-refractivity contribution in [1.29, 1.82) is 0 Å². The standard InChI is InChI=1S/C68H58O7/c1-44(43-75-68(50-17-7-6-8-18-50,51-27-32-54(71-2)33-28-51)52-29-34-55(72-3)35-30-52)21-39-62(69)59-42-53(31-40-63(59)73-4)67(70,60-37-25-48-23-22-46-15-11-16-47-24-36-58(60)66(48)65(46)47)61-38-26-49(41-64(61)74-5)57-20-12-14-45-13-9-10-19-56(45)57/h6-20,22-38,40-42,44,70H,21,39,43H2,1-5H3. The van der Waals surface area contributed by atoms with Crippen LogP contribution in [0.5, 0.6) is 23.0 Å². The molecule has 0 radical (unpaired) electrons. The lowest BCUT2D eigenvalue weighted by Gasteiger charge is -2.37. The minimum atomic E-state index is -1.82. The third kappa shape index (κ3) is 8.68. The Morgan fingerprint density at radius 2 is 1.04 bits per heavy atom. The second-order valence-corrected chi connectivity index (χ2v) is 19.4. The fraction of sp³-hybridized carbons (Fsp3) is 0.162. The fourth-order valence-corrected chi connectivity index (χ4v) is 11.2. The number of ether oxygens (including phenoxy) is 5. The molecule has 0 bridgehead atoms. The number of rotatable bonds is 18. The summed E-state index contributed by atoms with van der Waals surface area (Å²) in [6.45, 7) is 2.44. The van der Waals surface area contributed by atoms with Crippen LogP contribution in [-0.2, 0) is 15.9 Å². The Labute approximate surface area is 437 Å². The monoisotopic (exact) mass is 986 g/mol. The van der Waals surface area contributed by atoms with E-state index in [1.165, 1.54) is 0 Å². The summed E-state index contributed by atoms with van der Waals surface area (Å²) < 4.78 is 30.6. The third-order valence-electron chi connectivity index (χ3n) is 15.2. The number of carbonyl (C=O) groups is 1. The maximum absolute atomic E-state index is 14.9. The fourth-order valence-electron chi connectivity index (χ4n) is 11.2. The summed E-state index contributed by atoms with van der Waals surface area (Å²) in [6.07, 6.45) is 0.721.